The van der Waals surface area contributed by atoms with Crippen molar-refractivity contribution in [3.63, 3.8) is 0 Å². The van der Waals surface area contributed by atoms with Crippen molar-refractivity contribution in [2.45, 2.75) is 116 Å². The van der Waals surface area contributed by atoms with Crippen LogP contribution in [0.15, 0.2) is 23.8 Å². The largest absolute Gasteiger partial charge is 0.469 e. The van der Waals surface area contributed by atoms with Crippen LogP contribution in [-0.2, 0) is 14.3 Å². The minimum atomic E-state index is -0.669. The maximum absolute atomic E-state index is 12.3. The average Bonchev–Trinajstić information content (AvgIpc) is 3.41. The Morgan fingerprint density at radius 2 is 1.97 bits per heavy atom. The zero-order valence-electron chi connectivity index (χ0n) is 20.5. The lowest BCUT2D eigenvalue weighted by Crippen LogP contribution is -2.23. The maximum atomic E-state index is 12.3. The van der Waals surface area contributed by atoms with Crippen LogP contribution in [0, 0.1) is 11.8 Å². The molecular formula is C27H46O4. The van der Waals surface area contributed by atoms with Gasteiger partial charge in [-0.1, -0.05) is 56.9 Å². The number of allylic oxidation sites excluding steroid dienone is 3. The van der Waals surface area contributed by atoms with Gasteiger partial charge in [-0.2, -0.15) is 0 Å². The smallest absolute Gasteiger partial charge is 0.305 e. The fourth-order valence-electron chi connectivity index (χ4n) is 4.62. The number of aliphatic hydroxyl groups is 1. The zero-order valence-corrected chi connectivity index (χ0v) is 20.5. The van der Waals surface area contributed by atoms with E-state index >= 15 is 0 Å². The first-order chi connectivity index (χ1) is 14.9. The fraction of sp³-hybridized carbons (Fsp3) is 0.778. The molecule has 2 aliphatic carbocycles. The number of esters is 1. The van der Waals surface area contributed by atoms with E-state index in [1.165, 1.54) is 31.9 Å². The van der Waals surface area contributed by atoms with Crippen LogP contribution in [0.1, 0.15) is 111 Å². The summed E-state index contributed by atoms with van der Waals surface area (Å²) < 4.78 is 4.66. The number of hydrogen-bond donors (Lipinski definition) is 1. The standard InChI is InChI=1S/C25H40O4.C2H6/c1-25(28,19-17-20-10-7-8-11-20)18-9-12-21-15-16-23(26)22(21)13-5-3-4-6-14-24(27)29-2;1-2/h9-10,12,21-22,28H,3-8,11,13-19H2,1-2H3;1-2H3/b12-9+;/t21?,22-,25?;/m1./s1. The molecule has 0 saturated heterocycles. The van der Waals surface area contributed by atoms with Crippen LogP contribution in [-0.4, -0.2) is 29.6 Å². The lowest BCUT2D eigenvalue weighted by Gasteiger charge is -2.22. The number of ether oxygens (including phenoxy) is 1. The molecular weight excluding hydrogens is 388 g/mol. The van der Waals surface area contributed by atoms with E-state index in [0.29, 0.717) is 31.0 Å². The van der Waals surface area contributed by atoms with Crippen molar-refractivity contribution >= 4 is 11.8 Å². The number of ketones is 1. The summed E-state index contributed by atoms with van der Waals surface area (Å²) in [6.07, 6.45) is 19.8. The molecule has 2 rings (SSSR count). The van der Waals surface area contributed by atoms with Gasteiger partial charge in [0.2, 0.25) is 0 Å². The molecule has 178 valence electrons. The molecule has 4 heteroatoms. The SMILES string of the molecule is CC.COC(=O)CCCCCC[C@H]1C(=O)CCC1/C=C/CC(C)(O)CCC1=CCCC1. The summed E-state index contributed by atoms with van der Waals surface area (Å²) in [7, 11) is 1.42. The van der Waals surface area contributed by atoms with Gasteiger partial charge in [-0.25, -0.2) is 0 Å². The molecule has 0 amide bonds. The van der Waals surface area contributed by atoms with Gasteiger partial charge in [0.05, 0.1) is 12.7 Å². The molecule has 31 heavy (non-hydrogen) atoms. The summed E-state index contributed by atoms with van der Waals surface area (Å²) in [6.45, 7) is 5.93. The van der Waals surface area contributed by atoms with E-state index in [4.69, 9.17) is 0 Å². The Balaban J connectivity index is 0.00000233. The van der Waals surface area contributed by atoms with Gasteiger partial charge in [-0.15, -0.1) is 0 Å². The van der Waals surface area contributed by atoms with E-state index in [9.17, 15) is 14.7 Å². The number of Topliss-reactive ketones (excluding diaryl/α,β-unsaturated/α-hetero) is 1. The van der Waals surface area contributed by atoms with Gasteiger partial charge in [-0.05, 0) is 70.6 Å². The Bertz CT molecular complexity index is 588. The average molecular weight is 435 g/mol. The Kier molecular flexibility index (Phi) is 13.7. The first-order valence-corrected chi connectivity index (χ1v) is 12.6. The van der Waals surface area contributed by atoms with Gasteiger partial charge >= 0.3 is 5.97 Å². The topological polar surface area (TPSA) is 63.6 Å². The molecule has 0 aromatic heterocycles. The highest BCUT2D eigenvalue weighted by atomic mass is 16.5. The fourth-order valence-corrected chi connectivity index (χ4v) is 4.62. The molecule has 3 atom stereocenters. The predicted molar refractivity (Wildman–Crippen MR) is 128 cm³/mol. The minimum absolute atomic E-state index is 0.139. The van der Waals surface area contributed by atoms with E-state index in [1.54, 1.807) is 0 Å². The molecule has 0 aromatic rings. The summed E-state index contributed by atoms with van der Waals surface area (Å²) in [5.41, 5.74) is 0.833. The third-order valence-corrected chi connectivity index (χ3v) is 6.59. The molecule has 1 fully saturated rings. The first-order valence-electron chi connectivity index (χ1n) is 12.6. The lowest BCUT2D eigenvalue weighted by atomic mass is 9.88. The molecule has 0 radical (unpaired) electrons. The second kappa shape index (κ2) is 15.4. The van der Waals surface area contributed by atoms with Crippen molar-refractivity contribution < 1.29 is 19.4 Å². The molecule has 1 N–H and O–H groups in total. The molecule has 0 aliphatic heterocycles. The van der Waals surface area contributed by atoms with Gasteiger partial charge in [0.1, 0.15) is 5.78 Å². The molecule has 4 nitrogen and oxygen atoms in total. The third kappa shape index (κ3) is 11.1. The predicted octanol–water partition coefficient (Wildman–Crippen LogP) is 6.71. The Morgan fingerprint density at radius 3 is 2.65 bits per heavy atom. The van der Waals surface area contributed by atoms with E-state index in [-0.39, 0.29) is 11.9 Å². The van der Waals surface area contributed by atoms with Gasteiger partial charge in [0.15, 0.2) is 0 Å². The molecule has 2 unspecified atom stereocenters. The first kappa shape index (κ1) is 27.6. The summed E-state index contributed by atoms with van der Waals surface area (Å²) in [4.78, 5) is 23.4. The number of rotatable bonds is 13. The zero-order chi connectivity index (χ0) is 23.1. The highest BCUT2D eigenvalue weighted by molar-refractivity contribution is 5.83. The summed E-state index contributed by atoms with van der Waals surface area (Å²) in [6, 6.07) is 0. The van der Waals surface area contributed by atoms with Crippen LogP contribution in [0.5, 0.6) is 0 Å². The van der Waals surface area contributed by atoms with Crippen LogP contribution in [0.25, 0.3) is 0 Å². The molecule has 2 aliphatic rings. The molecule has 1 saturated carbocycles. The number of carbonyl (C=O) groups is 2. The second-order valence-corrected chi connectivity index (χ2v) is 9.19. The third-order valence-electron chi connectivity index (χ3n) is 6.59. The van der Waals surface area contributed by atoms with E-state index in [1.807, 2.05) is 20.8 Å². The number of carbonyl (C=O) groups excluding carboxylic acids is 2. The van der Waals surface area contributed by atoms with Crippen molar-refractivity contribution in [2.75, 3.05) is 7.11 Å². The van der Waals surface area contributed by atoms with Crippen LogP contribution in [0.4, 0.5) is 0 Å². The van der Waals surface area contributed by atoms with Crippen molar-refractivity contribution in [2.24, 2.45) is 11.8 Å². The number of methoxy groups -OCH3 is 1. The Labute approximate surface area is 190 Å². The highest BCUT2D eigenvalue weighted by Gasteiger charge is 2.32. The number of unbranched alkanes of at least 4 members (excludes halogenated alkanes) is 3. The van der Waals surface area contributed by atoms with Gasteiger partial charge in [0.25, 0.3) is 0 Å². The maximum Gasteiger partial charge on any atom is 0.305 e. The molecule has 0 aromatic carbocycles. The summed E-state index contributed by atoms with van der Waals surface area (Å²) in [5, 5.41) is 10.7. The molecule has 0 spiro atoms. The van der Waals surface area contributed by atoms with Gasteiger partial charge in [-0.3, -0.25) is 9.59 Å². The minimum Gasteiger partial charge on any atom is -0.469 e. The monoisotopic (exact) mass is 434 g/mol. The second-order valence-electron chi connectivity index (χ2n) is 9.19. The van der Waals surface area contributed by atoms with Crippen LogP contribution in [0.2, 0.25) is 0 Å². The van der Waals surface area contributed by atoms with Crippen LogP contribution < -0.4 is 0 Å². The van der Waals surface area contributed by atoms with Crippen molar-refractivity contribution in [3.05, 3.63) is 23.8 Å². The van der Waals surface area contributed by atoms with E-state index < -0.39 is 5.60 Å². The van der Waals surface area contributed by atoms with E-state index in [2.05, 4.69) is 23.0 Å². The van der Waals surface area contributed by atoms with Crippen molar-refractivity contribution in [1.29, 1.82) is 0 Å². The number of hydrogen-bond acceptors (Lipinski definition) is 4. The Morgan fingerprint density at radius 1 is 1.23 bits per heavy atom. The van der Waals surface area contributed by atoms with Crippen LogP contribution in [0.3, 0.4) is 0 Å². The Hall–Kier alpha value is -1.42. The summed E-state index contributed by atoms with van der Waals surface area (Å²) >= 11 is 0. The normalized spacial score (nSPS) is 22.7. The quantitative estimate of drug-likeness (QED) is 0.199. The highest BCUT2D eigenvalue weighted by Crippen LogP contribution is 2.34. The summed E-state index contributed by atoms with van der Waals surface area (Å²) in [5.74, 6) is 0.720. The van der Waals surface area contributed by atoms with E-state index in [0.717, 1.165) is 51.4 Å². The molecule has 0 heterocycles. The van der Waals surface area contributed by atoms with Gasteiger partial charge < -0.3 is 9.84 Å². The van der Waals surface area contributed by atoms with Crippen molar-refractivity contribution in [3.8, 4) is 0 Å². The van der Waals surface area contributed by atoms with Crippen LogP contribution >= 0.6 is 0 Å². The lowest BCUT2D eigenvalue weighted by molar-refractivity contribution is -0.140. The van der Waals surface area contributed by atoms with Crippen molar-refractivity contribution in [1.82, 2.24) is 0 Å². The van der Waals surface area contributed by atoms with Gasteiger partial charge in [0, 0.05) is 18.8 Å². The molecule has 0 bridgehead atoms.